The summed E-state index contributed by atoms with van der Waals surface area (Å²) >= 11 is 1.41. The Hall–Kier alpha value is -2.81. The van der Waals surface area contributed by atoms with E-state index >= 15 is 0 Å². The molecule has 416 valence electrons. The molecule has 1 spiro atoms. The van der Waals surface area contributed by atoms with E-state index in [1.165, 1.54) is 11.9 Å². The summed E-state index contributed by atoms with van der Waals surface area (Å²) in [6, 6.07) is 10.0. The van der Waals surface area contributed by atoms with Crippen LogP contribution in [0.4, 0.5) is 0 Å². The van der Waals surface area contributed by atoms with E-state index in [-0.39, 0.29) is 59.9 Å². The van der Waals surface area contributed by atoms with Crippen molar-refractivity contribution in [1.29, 1.82) is 0 Å². The van der Waals surface area contributed by atoms with E-state index in [0.717, 1.165) is 21.8 Å². The standard InChI is InChI=1S/C59H87NO13SSi/c1-34(2)51-37(5)26-27-58(72-51)32-43-29-42(71-58)25-24-36(4)52(35(3)20-19-21-41-33-65-55-53(73-75(14,15)57(9,10)11)38(6)28-45(56(61)68-43)59(41,55)62)69-49-31-47(64-13)54(40(8)67-49)70-48-30-46(63-12)50(39(7)66-48)60-74-44-22-17-16-18-23-44/h16-24,26-28,34-35,37,39-40,42-43,45-49,51-55,62H,25,29-33H2,1-15H3/b20-19+,36-24+,41-21+,60-50+/t35-,37-,39-,40-,42+,43-,45-,46-,47-,48-,49-,51+,52-,53+,54-,55+,58+,59+/m0/s1. The molecule has 0 radical (unpaired) electrons. The first-order chi connectivity index (χ1) is 35.4. The second-order valence-electron chi connectivity index (χ2n) is 24.0. The summed E-state index contributed by atoms with van der Waals surface area (Å²) in [5, 5.41) is 13.1. The fraction of sp³-hybridized carbons (Fsp3) is 0.695. The molecule has 6 heterocycles. The Morgan fingerprint density at radius 3 is 2.31 bits per heavy atom. The zero-order valence-corrected chi connectivity index (χ0v) is 49.0. The Kier molecular flexibility index (Phi) is 18.6. The molecule has 75 heavy (non-hydrogen) atoms. The fourth-order valence-corrected chi connectivity index (χ4v) is 13.7. The Morgan fingerprint density at radius 1 is 0.880 bits per heavy atom. The van der Waals surface area contributed by atoms with E-state index in [1.807, 2.05) is 75.4 Å². The van der Waals surface area contributed by atoms with Gasteiger partial charge in [-0.3, -0.25) is 4.79 Å². The third-order valence-electron chi connectivity index (χ3n) is 17.0. The molecule has 0 amide bonds. The quantitative estimate of drug-likeness (QED) is 0.0968. The van der Waals surface area contributed by atoms with Gasteiger partial charge < -0.3 is 56.9 Å². The molecule has 2 bridgehead atoms. The lowest BCUT2D eigenvalue weighted by Crippen LogP contribution is -2.60. The maximum absolute atomic E-state index is 14.9. The van der Waals surface area contributed by atoms with Crippen LogP contribution < -0.4 is 0 Å². The second-order valence-corrected chi connectivity index (χ2v) is 29.6. The van der Waals surface area contributed by atoms with E-state index in [1.54, 1.807) is 14.2 Å². The van der Waals surface area contributed by atoms with E-state index in [9.17, 15) is 9.90 Å². The van der Waals surface area contributed by atoms with Gasteiger partial charge in [0, 0.05) is 68.6 Å². The molecule has 0 unspecified atom stereocenters. The molecule has 16 heteroatoms. The minimum absolute atomic E-state index is 0.103. The summed E-state index contributed by atoms with van der Waals surface area (Å²) < 4.78 is 78.0. The van der Waals surface area contributed by atoms with Crippen LogP contribution in [-0.2, 0) is 56.6 Å². The van der Waals surface area contributed by atoms with Gasteiger partial charge in [-0.2, -0.15) is 0 Å². The van der Waals surface area contributed by atoms with Crippen LogP contribution in [0.1, 0.15) is 108 Å². The molecule has 8 rings (SSSR count). The molecule has 1 aliphatic carbocycles. The molecule has 18 atom stereocenters. The van der Waals surface area contributed by atoms with Gasteiger partial charge in [0.05, 0.1) is 55.0 Å². The number of ether oxygens (including phenoxy) is 10. The molecular weight excluding hydrogens is 991 g/mol. The Morgan fingerprint density at radius 2 is 1.61 bits per heavy atom. The fourth-order valence-electron chi connectivity index (χ4n) is 11.7. The Bertz CT molecular complexity index is 2330. The molecule has 4 saturated heterocycles. The summed E-state index contributed by atoms with van der Waals surface area (Å²) in [5.41, 5.74) is 1.48. The van der Waals surface area contributed by atoms with Crippen molar-refractivity contribution in [2.24, 2.45) is 28.1 Å². The molecule has 1 N–H and O–H groups in total. The molecule has 1 aromatic carbocycles. The van der Waals surface area contributed by atoms with Crippen LogP contribution in [0.25, 0.3) is 0 Å². The normalized spacial score (nSPS) is 42.3. The van der Waals surface area contributed by atoms with E-state index < -0.39 is 80.8 Å². The Labute approximate surface area is 452 Å². The number of methoxy groups -OCH3 is 2. The maximum atomic E-state index is 14.9. The highest BCUT2D eigenvalue weighted by atomic mass is 32.2. The van der Waals surface area contributed by atoms with Crippen molar-refractivity contribution in [3.63, 3.8) is 0 Å². The number of carbonyl (C=O) groups is 1. The van der Waals surface area contributed by atoms with Crippen LogP contribution in [0.15, 0.2) is 98.9 Å². The van der Waals surface area contributed by atoms with Crippen LogP contribution in [0.2, 0.25) is 18.1 Å². The number of hydrogen-bond acceptors (Lipinski definition) is 15. The van der Waals surface area contributed by atoms with Gasteiger partial charge in [-0.1, -0.05) is 103 Å². The second kappa shape index (κ2) is 23.9. The third-order valence-corrected chi connectivity index (χ3v) is 22.2. The predicted molar refractivity (Wildman–Crippen MR) is 292 cm³/mol. The largest absolute Gasteiger partial charge is 0.462 e. The smallest absolute Gasteiger partial charge is 0.316 e. The van der Waals surface area contributed by atoms with Crippen molar-refractivity contribution in [3.8, 4) is 0 Å². The number of esters is 1. The molecule has 0 saturated carbocycles. The highest BCUT2D eigenvalue weighted by Gasteiger charge is 2.62. The lowest BCUT2D eigenvalue weighted by Gasteiger charge is -2.49. The summed E-state index contributed by atoms with van der Waals surface area (Å²) in [7, 11) is 1.00. The highest BCUT2D eigenvalue weighted by Crippen LogP contribution is 2.50. The average molecular weight is 1080 g/mol. The number of nitrogens with zero attached hydrogens (tertiary/aromatic N) is 1. The zero-order chi connectivity index (χ0) is 54.2. The SMILES string of the molecule is CO[C@H]1C[C@H](O[C@H]2[C@H](C)O[C@@H](O[C@@H]3/C(C)=C/C[C@@H]4C[C@@H](C[C@]5(C=C[C@H](C)[C@@H](C(C)C)O5)O4)OC(=O)[C@@H]4C=C(C)[C@@H](O[Si](C)(C)C(C)(C)C)[C@H]5OC/C(=C\C=C\[C@@H]3C)[C@]54O)C[C@@H]2OC)O[C@@H](C)/C1=N\Sc1ccccc1. The van der Waals surface area contributed by atoms with Gasteiger partial charge in [0.15, 0.2) is 26.7 Å². The van der Waals surface area contributed by atoms with Crippen LogP contribution >= 0.6 is 11.9 Å². The van der Waals surface area contributed by atoms with Crippen LogP contribution in [0.5, 0.6) is 0 Å². The maximum Gasteiger partial charge on any atom is 0.316 e. The third kappa shape index (κ3) is 12.8. The first-order valence-corrected chi connectivity index (χ1v) is 31.1. The minimum Gasteiger partial charge on any atom is -0.462 e. The molecule has 0 aromatic heterocycles. The number of benzene rings is 1. The molecule has 6 aliphatic heterocycles. The summed E-state index contributed by atoms with van der Waals surface area (Å²) in [5.74, 6) is -2.46. The van der Waals surface area contributed by atoms with Crippen molar-refractivity contribution >= 4 is 31.9 Å². The van der Waals surface area contributed by atoms with Crippen LogP contribution in [0.3, 0.4) is 0 Å². The van der Waals surface area contributed by atoms with Gasteiger partial charge in [0.25, 0.3) is 0 Å². The number of hydrogen-bond donors (Lipinski definition) is 1. The predicted octanol–water partition coefficient (Wildman–Crippen LogP) is 10.8. The lowest BCUT2D eigenvalue weighted by atomic mass is 9.71. The molecular formula is C59H87NO13SSi. The number of aliphatic hydroxyl groups is 1. The summed E-state index contributed by atoms with van der Waals surface area (Å²) in [6.45, 7) is 27.7. The van der Waals surface area contributed by atoms with Gasteiger partial charge in [-0.05, 0) is 93.1 Å². The van der Waals surface area contributed by atoms with Gasteiger partial charge in [0.2, 0.25) is 0 Å². The zero-order valence-electron chi connectivity index (χ0n) is 47.2. The number of allylic oxidation sites excluding steroid dienone is 2. The van der Waals surface area contributed by atoms with E-state index in [4.69, 9.17) is 56.2 Å². The first-order valence-electron chi connectivity index (χ1n) is 27.4. The summed E-state index contributed by atoms with van der Waals surface area (Å²) in [4.78, 5) is 15.9. The van der Waals surface area contributed by atoms with Crippen molar-refractivity contribution in [3.05, 3.63) is 89.6 Å². The topological polar surface area (TPSA) is 151 Å². The van der Waals surface area contributed by atoms with Gasteiger partial charge in [0.1, 0.15) is 35.9 Å². The van der Waals surface area contributed by atoms with Gasteiger partial charge in [-0.15, -0.1) is 0 Å². The molecule has 14 nitrogen and oxygen atoms in total. The molecule has 1 aromatic rings. The van der Waals surface area contributed by atoms with Crippen molar-refractivity contribution < 1.29 is 61.7 Å². The number of rotatable bonds is 11. The molecule has 7 aliphatic rings. The molecule has 4 fully saturated rings. The lowest BCUT2D eigenvalue weighted by molar-refractivity contribution is -0.302. The van der Waals surface area contributed by atoms with Crippen molar-refractivity contribution in [2.75, 3.05) is 20.8 Å². The first kappa shape index (κ1) is 58.3. The van der Waals surface area contributed by atoms with E-state index in [0.29, 0.717) is 37.7 Å². The van der Waals surface area contributed by atoms with Crippen molar-refractivity contribution in [2.45, 2.75) is 222 Å². The van der Waals surface area contributed by atoms with Crippen LogP contribution in [0, 0.1) is 23.7 Å². The minimum atomic E-state index is -2.38. The number of carbonyl (C=O) groups excluding carboxylic acids is 1. The Balaban J connectivity index is 1.07. The average Bonchev–Trinajstić information content (AvgIpc) is 3.69. The van der Waals surface area contributed by atoms with Crippen molar-refractivity contribution in [1.82, 2.24) is 0 Å². The number of fused-ring (bicyclic) bond motifs is 2. The monoisotopic (exact) mass is 1080 g/mol. The van der Waals surface area contributed by atoms with E-state index in [2.05, 4.69) is 86.7 Å². The highest BCUT2D eigenvalue weighted by molar-refractivity contribution is 7.98. The van der Waals surface area contributed by atoms with Gasteiger partial charge >= 0.3 is 5.97 Å². The van der Waals surface area contributed by atoms with Gasteiger partial charge in [-0.25, -0.2) is 4.40 Å². The van der Waals surface area contributed by atoms with Crippen LogP contribution in [-0.4, -0.2) is 137 Å². The summed E-state index contributed by atoms with van der Waals surface area (Å²) in [6.07, 6.45) is 10.3.